The van der Waals surface area contributed by atoms with E-state index in [0.29, 0.717) is 10.6 Å². The number of aryl methyl sites for hydroxylation is 2. The fraction of sp³-hybridized carbons (Fsp3) is 0.120. The summed E-state index contributed by atoms with van der Waals surface area (Å²) in [7, 11) is 0. The first-order valence-electron chi connectivity index (χ1n) is 10.3. The molecule has 0 radical (unpaired) electrons. The van der Waals surface area contributed by atoms with Gasteiger partial charge in [0.15, 0.2) is 5.84 Å². The Kier molecular flexibility index (Phi) is 5.09. The number of hydrogen-bond donors (Lipinski definition) is 1. The Hall–Kier alpha value is -3.78. The average Bonchev–Trinajstić information content (AvgIpc) is 3.32. The predicted octanol–water partition coefficient (Wildman–Crippen LogP) is 5.21. The molecule has 0 unspecified atom stereocenters. The summed E-state index contributed by atoms with van der Waals surface area (Å²) in [6.07, 6.45) is 1.68. The van der Waals surface area contributed by atoms with Crippen molar-refractivity contribution in [1.82, 2.24) is 9.58 Å². The molecule has 2 aliphatic rings. The van der Waals surface area contributed by atoms with Gasteiger partial charge >= 0.3 is 0 Å². The number of halogens is 1. The van der Waals surface area contributed by atoms with Gasteiger partial charge < -0.3 is 4.57 Å². The van der Waals surface area contributed by atoms with Gasteiger partial charge in [-0.15, -0.1) is 0 Å². The lowest BCUT2D eigenvalue weighted by Gasteiger charge is -2.20. The van der Waals surface area contributed by atoms with Crippen LogP contribution in [0.15, 0.2) is 70.3 Å². The summed E-state index contributed by atoms with van der Waals surface area (Å²) >= 11 is 1.08. The van der Waals surface area contributed by atoms with Gasteiger partial charge in [0, 0.05) is 22.6 Å². The van der Waals surface area contributed by atoms with E-state index in [0.717, 1.165) is 40.0 Å². The summed E-state index contributed by atoms with van der Waals surface area (Å²) < 4.78 is 16.3. The molecule has 0 saturated carbocycles. The maximum Gasteiger partial charge on any atom is 0.283 e. The van der Waals surface area contributed by atoms with Crippen molar-refractivity contribution in [1.29, 1.82) is 5.41 Å². The van der Waals surface area contributed by atoms with Crippen LogP contribution in [0.4, 0.5) is 4.39 Å². The zero-order chi connectivity index (χ0) is 23.3. The van der Waals surface area contributed by atoms with Crippen LogP contribution in [0.1, 0.15) is 28.1 Å². The Balaban J connectivity index is 1.53. The zero-order valence-corrected chi connectivity index (χ0v) is 19.1. The summed E-state index contributed by atoms with van der Waals surface area (Å²) in [4.78, 5) is 16.9. The Morgan fingerprint density at radius 1 is 1.06 bits per heavy atom. The van der Waals surface area contributed by atoms with Gasteiger partial charge in [-0.05, 0) is 80.1 Å². The number of hydrogen-bond acceptors (Lipinski definition) is 4. The van der Waals surface area contributed by atoms with Gasteiger partial charge in [0.05, 0.1) is 5.57 Å². The zero-order valence-electron chi connectivity index (χ0n) is 18.3. The molecule has 0 aliphatic carbocycles. The van der Waals surface area contributed by atoms with Crippen molar-refractivity contribution in [2.45, 2.75) is 20.8 Å². The Morgan fingerprint density at radius 2 is 1.85 bits per heavy atom. The second-order valence-corrected chi connectivity index (χ2v) is 8.86. The van der Waals surface area contributed by atoms with Crippen LogP contribution in [-0.4, -0.2) is 31.5 Å². The molecular formula is C25H20FN5OS. The van der Waals surface area contributed by atoms with Crippen LogP contribution < -0.4 is 0 Å². The van der Waals surface area contributed by atoms with E-state index in [1.54, 1.807) is 24.3 Å². The fourth-order valence-electron chi connectivity index (χ4n) is 3.99. The third-order valence-corrected chi connectivity index (χ3v) is 6.53. The number of carbonyl (C=O) groups is 1. The van der Waals surface area contributed by atoms with Gasteiger partial charge in [-0.1, -0.05) is 24.3 Å². The van der Waals surface area contributed by atoms with E-state index in [1.807, 2.05) is 45.0 Å². The molecule has 1 N–H and O–H groups in total. The second-order valence-electron chi connectivity index (χ2n) is 7.91. The average molecular weight is 458 g/mol. The molecule has 0 saturated heterocycles. The highest BCUT2D eigenvalue weighted by Gasteiger charge is 2.36. The molecule has 1 aromatic heterocycles. The number of nitrogens with one attached hydrogen (secondary N) is 1. The Bertz CT molecular complexity index is 1430. The molecular weight excluding hydrogens is 437 g/mol. The molecule has 0 atom stereocenters. The van der Waals surface area contributed by atoms with Crippen LogP contribution in [-0.2, 0) is 4.79 Å². The van der Waals surface area contributed by atoms with E-state index in [4.69, 9.17) is 5.41 Å². The van der Waals surface area contributed by atoms with Crippen molar-refractivity contribution in [2.24, 2.45) is 10.1 Å². The van der Waals surface area contributed by atoms with Crippen molar-refractivity contribution in [3.8, 4) is 5.69 Å². The van der Waals surface area contributed by atoms with Crippen LogP contribution in [0.2, 0.25) is 0 Å². The molecule has 5 rings (SSSR count). The molecule has 33 heavy (non-hydrogen) atoms. The molecule has 6 nitrogen and oxygen atoms in total. The van der Waals surface area contributed by atoms with E-state index < -0.39 is 11.7 Å². The minimum absolute atomic E-state index is 0.0794. The van der Waals surface area contributed by atoms with Crippen LogP contribution in [0.5, 0.6) is 0 Å². The third kappa shape index (κ3) is 3.62. The van der Waals surface area contributed by atoms with Crippen molar-refractivity contribution in [2.75, 3.05) is 0 Å². The molecule has 2 aromatic carbocycles. The van der Waals surface area contributed by atoms with Gasteiger partial charge in [-0.2, -0.15) is 15.1 Å². The minimum atomic E-state index is -0.510. The highest BCUT2D eigenvalue weighted by molar-refractivity contribution is 8.27. The molecule has 0 spiro atoms. The normalized spacial score (nSPS) is 16.8. The van der Waals surface area contributed by atoms with E-state index in [2.05, 4.69) is 20.7 Å². The number of fused-ring (bicyclic) bond motifs is 1. The second kappa shape index (κ2) is 7.97. The number of benzene rings is 2. The van der Waals surface area contributed by atoms with Crippen molar-refractivity contribution in [3.63, 3.8) is 0 Å². The number of aromatic nitrogens is 1. The van der Waals surface area contributed by atoms with Crippen molar-refractivity contribution in [3.05, 3.63) is 94.1 Å². The van der Waals surface area contributed by atoms with Crippen LogP contribution in [0.3, 0.4) is 0 Å². The summed E-state index contributed by atoms with van der Waals surface area (Å²) in [6, 6.07) is 16.5. The van der Waals surface area contributed by atoms with Crippen LogP contribution in [0.25, 0.3) is 11.8 Å². The predicted molar refractivity (Wildman–Crippen MR) is 130 cm³/mol. The molecule has 0 bridgehead atoms. The molecule has 0 fully saturated rings. The van der Waals surface area contributed by atoms with E-state index in [9.17, 15) is 9.18 Å². The highest BCUT2D eigenvalue weighted by Crippen LogP contribution is 2.32. The number of aliphatic imine (C=N–C) groups is 1. The quantitative estimate of drug-likeness (QED) is 0.549. The summed E-state index contributed by atoms with van der Waals surface area (Å²) in [5.74, 6) is -1.00. The number of nitrogens with zero attached hydrogens (tertiary/aromatic N) is 4. The summed E-state index contributed by atoms with van der Waals surface area (Å²) in [6.45, 7) is 6.03. The fourth-order valence-corrected chi connectivity index (χ4v) is 4.91. The first-order chi connectivity index (χ1) is 15.8. The third-order valence-electron chi connectivity index (χ3n) is 5.59. The first kappa shape index (κ1) is 21.1. The Labute approximate surface area is 194 Å². The Morgan fingerprint density at radius 3 is 2.61 bits per heavy atom. The van der Waals surface area contributed by atoms with E-state index in [-0.39, 0.29) is 16.6 Å². The molecule has 8 heteroatoms. The molecule has 1 amide bonds. The summed E-state index contributed by atoms with van der Waals surface area (Å²) in [5.41, 5.74) is 5.43. The number of rotatable bonds is 3. The molecule has 2 aliphatic heterocycles. The van der Waals surface area contributed by atoms with Gasteiger partial charge in [-0.25, -0.2) is 4.39 Å². The lowest BCUT2D eigenvalue weighted by atomic mass is 10.1. The number of carbonyl (C=O) groups excluding carboxylic acids is 1. The maximum absolute atomic E-state index is 14.2. The van der Waals surface area contributed by atoms with E-state index >= 15 is 0 Å². The number of hydrazone groups is 1. The van der Waals surface area contributed by atoms with E-state index in [1.165, 1.54) is 11.1 Å². The van der Waals surface area contributed by atoms with Crippen molar-refractivity contribution >= 4 is 39.8 Å². The lowest BCUT2D eigenvalue weighted by Crippen LogP contribution is -2.35. The van der Waals surface area contributed by atoms with Gasteiger partial charge in [-0.3, -0.25) is 10.2 Å². The monoisotopic (exact) mass is 457 g/mol. The van der Waals surface area contributed by atoms with Crippen LogP contribution in [0, 0.1) is 32.0 Å². The highest BCUT2D eigenvalue weighted by atomic mass is 32.2. The number of thioether (sulfide) groups is 1. The summed E-state index contributed by atoms with van der Waals surface area (Å²) in [5, 5.41) is 14.9. The standard InChI is InChI=1S/C25H20FN5OS/c1-14-7-6-8-18(11-14)30-15(2)12-17(16(30)3)13-20-22(27)31-25(28-23(20)32)33-24(29-31)19-9-4-5-10-21(19)26/h4-13,27H,1-3H3/b20-13+,27-22?. The van der Waals surface area contributed by atoms with Crippen molar-refractivity contribution < 1.29 is 9.18 Å². The largest absolute Gasteiger partial charge is 0.318 e. The molecule has 164 valence electrons. The molecule has 3 heterocycles. The first-order valence-corrected chi connectivity index (χ1v) is 11.2. The van der Waals surface area contributed by atoms with Gasteiger partial charge in [0.1, 0.15) is 10.9 Å². The topological polar surface area (TPSA) is 73.8 Å². The van der Waals surface area contributed by atoms with Gasteiger partial charge in [0.25, 0.3) is 5.91 Å². The van der Waals surface area contributed by atoms with Crippen LogP contribution >= 0.6 is 11.8 Å². The number of amides is 1. The molecule has 3 aromatic rings. The smallest absolute Gasteiger partial charge is 0.283 e. The van der Waals surface area contributed by atoms with Gasteiger partial charge in [0.2, 0.25) is 5.17 Å². The minimum Gasteiger partial charge on any atom is -0.318 e. The maximum atomic E-state index is 14.2. The SMILES string of the molecule is Cc1cccc(-n2c(C)cc(/C=C3\C(=N)N4N=C(c5ccccc5F)SC4=NC3=O)c2C)c1. The number of amidine groups is 2. The lowest BCUT2D eigenvalue weighted by molar-refractivity contribution is -0.114.